The molecule has 2 aromatic carbocycles. The molecule has 30 heavy (non-hydrogen) atoms. The molecule has 8 nitrogen and oxygen atoms in total. The fraction of sp³-hybridized carbons (Fsp3) is 0.286. The van der Waals surface area contributed by atoms with Crippen LogP contribution in [-0.2, 0) is 22.0 Å². The second kappa shape index (κ2) is 8.37. The van der Waals surface area contributed by atoms with Crippen molar-refractivity contribution in [3.63, 3.8) is 0 Å². The number of rotatable bonds is 6. The van der Waals surface area contributed by atoms with Crippen LogP contribution in [0.15, 0.2) is 57.9 Å². The molecule has 0 spiro atoms. The highest BCUT2D eigenvalue weighted by molar-refractivity contribution is 7.89. The number of benzene rings is 2. The summed E-state index contributed by atoms with van der Waals surface area (Å²) in [6.45, 7) is 6.44. The van der Waals surface area contributed by atoms with E-state index < -0.39 is 15.9 Å². The second-order valence-corrected chi connectivity index (χ2v) is 9.64. The number of sulfonamides is 1. The Bertz CT molecular complexity index is 1150. The normalized spacial score (nSPS) is 12.0. The lowest BCUT2D eigenvalue weighted by Gasteiger charge is -2.18. The Labute approximate surface area is 175 Å². The highest BCUT2D eigenvalue weighted by atomic mass is 32.2. The lowest BCUT2D eigenvalue weighted by atomic mass is 9.87. The number of hydrogen-bond acceptors (Lipinski definition) is 6. The summed E-state index contributed by atoms with van der Waals surface area (Å²) in [6, 6.07) is 13.7. The van der Waals surface area contributed by atoms with Crippen molar-refractivity contribution in [3.8, 4) is 11.4 Å². The molecule has 0 unspecified atom stereocenters. The van der Waals surface area contributed by atoms with Crippen LogP contribution in [0.5, 0.6) is 0 Å². The van der Waals surface area contributed by atoms with E-state index in [2.05, 4.69) is 41.0 Å². The van der Waals surface area contributed by atoms with Gasteiger partial charge in [-0.05, 0) is 36.2 Å². The van der Waals surface area contributed by atoms with Gasteiger partial charge in [0.1, 0.15) is 0 Å². The molecule has 0 aliphatic heterocycles. The first-order valence-electron chi connectivity index (χ1n) is 9.35. The van der Waals surface area contributed by atoms with Gasteiger partial charge in [0.25, 0.3) is 5.91 Å². The fourth-order valence-electron chi connectivity index (χ4n) is 2.74. The van der Waals surface area contributed by atoms with Crippen LogP contribution < -0.4 is 10.0 Å². The maximum absolute atomic E-state index is 12.4. The molecule has 1 heterocycles. The predicted octanol–water partition coefficient (Wildman–Crippen LogP) is 2.87. The lowest BCUT2D eigenvalue weighted by molar-refractivity contribution is 0.0946. The van der Waals surface area contributed by atoms with E-state index >= 15 is 0 Å². The van der Waals surface area contributed by atoms with E-state index in [1.54, 1.807) is 0 Å². The van der Waals surface area contributed by atoms with Gasteiger partial charge in [0.2, 0.25) is 21.7 Å². The molecule has 0 radical (unpaired) electrons. The third kappa shape index (κ3) is 4.92. The molecule has 158 valence electrons. The Balaban J connectivity index is 1.67. The zero-order valence-corrected chi connectivity index (χ0v) is 18.1. The highest BCUT2D eigenvalue weighted by Crippen LogP contribution is 2.25. The van der Waals surface area contributed by atoms with E-state index in [4.69, 9.17) is 4.52 Å². The Morgan fingerprint density at radius 3 is 2.43 bits per heavy atom. The molecule has 0 saturated carbocycles. The van der Waals surface area contributed by atoms with Gasteiger partial charge in [0.05, 0.1) is 11.4 Å². The van der Waals surface area contributed by atoms with Crippen molar-refractivity contribution in [2.24, 2.45) is 0 Å². The molecule has 9 heteroatoms. The van der Waals surface area contributed by atoms with Crippen molar-refractivity contribution in [2.45, 2.75) is 37.6 Å². The molecule has 1 amide bonds. The summed E-state index contributed by atoms with van der Waals surface area (Å²) in [4.78, 5) is 16.7. The van der Waals surface area contributed by atoms with Crippen LogP contribution in [0.1, 0.15) is 42.6 Å². The van der Waals surface area contributed by atoms with Gasteiger partial charge in [-0.2, -0.15) is 4.98 Å². The average molecular weight is 429 g/mol. The van der Waals surface area contributed by atoms with Crippen molar-refractivity contribution in [2.75, 3.05) is 7.05 Å². The molecule has 3 rings (SSSR count). The molecule has 1 aromatic heterocycles. The first-order valence-corrected chi connectivity index (χ1v) is 10.8. The zero-order chi connectivity index (χ0) is 21.9. The SMILES string of the molecule is CNS(=O)(=O)c1cccc(C(=O)NCc2nc(-c3ccc(C(C)(C)C)cc3)no2)c1. The van der Waals surface area contributed by atoms with Crippen LogP contribution >= 0.6 is 0 Å². The average Bonchev–Trinajstić information content (AvgIpc) is 3.20. The van der Waals surface area contributed by atoms with Gasteiger partial charge in [0, 0.05) is 11.1 Å². The van der Waals surface area contributed by atoms with Gasteiger partial charge in [-0.15, -0.1) is 0 Å². The van der Waals surface area contributed by atoms with Crippen LogP contribution in [0.25, 0.3) is 11.4 Å². The summed E-state index contributed by atoms with van der Waals surface area (Å²) in [5.74, 6) is 0.233. The van der Waals surface area contributed by atoms with Gasteiger partial charge in [-0.3, -0.25) is 4.79 Å². The Morgan fingerprint density at radius 1 is 1.10 bits per heavy atom. The molecule has 0 saturated heterocycles. The Kier molecular flexibility index (Phi) is 6.04. The summed E-state index contributed by atoms with van der Waals surface area (Å²) in [6.07, 6.45) is 0. The Hall–Kier alpha value is -3.04. The number of nitrogens with zero attached hydrogens (tertiary/aromatic N) is 2. The summed E-state index contributed by atoms with van der Waals surface area (Å²) in [7, 11) is -2.32. The van der Waals surface area contributed by atoms with Crippen molar-refractivity contribution in [1.82, 2.24) is 20.2 Å². The third-order valence-corrected chi connectivity index (χ3v) is 5.96. The zero-order valence-electron chi connectivity index (χ0n) is 17.3. The smallest absolute Gasteiger partial charge is 0.251 e. The van der Waals surface area contributed by atoms with Gasteiger partial charge in [-0.25, -0.2) is 13.1 Å². The van der Waals surface area contributed by atoms with Crippen molar-refractivity contribution in [1.29, 1.82) is 0 Å². The highest BCUT2D eigenvalue weighted by Gasteiger charge is 2.16. The first kappa shape index (κ1) is 21.7. The van der Waals surface area contributed by atoms with Crippen molar-refractivity contribution >= 4 is 15.9 Å². The summed E-state index contributed by atoms with van der Waals surface area (Å²) in [5, 5.41) is 6.62. The lowest BCUT2D eigenvalue weighted by Crippen LogP contribution is -2.24. The first-order chi connectivity index (χ1) is 14.1. The minimum Gasteiger partial charge on any atom is -0.343 e. The van der Waals surface area contributed by atoms with E-state index in [0.717, 1.165) is 5.56 Å². The van der Waals surface area contributed by atoms with E-state index in [-0.39, 0.29) is 28.3 Å². The topological polar surface area (TPSA) is 114 Å². The molecule has 0 aliphatic rings. The van der Waals surface area contributed by atoms with Gasteiger partial charge in [-0.1, -0.05) is 56.3 Å². The number of nitrogens with one attached hydrogen (secondary N) is 2. The monoisotopic (exact) mass is 428 g/mol. The fourth-order valence-corrected chi connectivity index (χ4v) is 3.52. The van der Waals surface area contributed by atoms with Gasteiger partial charge >= 0.3 is 0 Å². The van der Waals surface area contributed by atoms with Crippen molar-refractivity contribution < 1.29 is 17.7 Å². The maximum atomic E-state index is 12.4. The van der Waals surface area contributed by atoms with Gasteiger partial charge < -0.3 is 9.84 Å². The van der Waals surface area contributed by atoms with Crippen LogP contribution in [0, 0.1) is 0 Å². The number of aromatic nitrogens is 2. The summed E-state index contributed by atoms with van der Waals surface area (Å²) < 4.78 is 31.2. The molecular weight excluding hydrogens is 404 g/mol. The number of amides is 1. The van der Waals surface area contributed by atoms with Crippen LogP contribution in [0.2, 0.25) is 0 Å². The summed E-state index contributed by atoms with van der Waals surface area (Å²) in [5.41, 5.74) is 2.28. The minimum atomic E-state index is -3.63. The minimum absolute atomic E-state index is 0.0106. The largest absolute Gasteiger partial charge is 0.343 e. The van der Waals surface area contributed by atoms with E-state index in [0.29, 0.717) is 5.82 Å². The number of carbonyl (C=O) groups is 1. The van der Waals surface area contributed by atoms with Crippen molar-refractivity contribution in [3.05, 3.63) is 65.5 Å². The molecule has 3 aromatic rings. The van der Waals surface area contributed by atoms with E-state index in [9.17, 15) is 13.2 Å². The molecule has 0 fully saturated rings. The quantitative estimate of drug-likeness (QED) is 0.624. The molecular formula is C21H24N4O4S. The van der Waals surface area contributed by atoms with Crippen LogP contribution in [0.4, 0.5) is 0 Å². The van der Waals surface area contributed by atoms with Crippen LogP contribution in [0.3, 0.4) is 0 Å². The molecule has 0 atom stereocenters. The predicted molar refractivity (Wildman–Crippen MR) is 112 cm³/mol. The summed E-state index contributed by atoms with van der Waals surface area (Å²) >= 11 is 0. The van der Waals surface area contributed by atoms with Crippen LogP contribution in [-0.4, -0.2) is 31.5 Å². The number of carbonyl (C=O) groups excluding carboxylic acids is 1. The molecule has 0 bridgehead atoms. The standard InChI is InChI=1S/C21H24N4O4S/c1-21(2,3)16-10-8-14(9-11-16)19-24-18(29-25-19)13-23-20(26)15-6-5-7-17(12-15)30(27,28)22-4/h5-12,22H,13H2,1-4H3,(H,23,26). The van der Waals surface area contributed by atoms with E-state index in [1.165, 1.54) is 36.9 Å². The Morgan fingerprint density at radius 2 is 1.80 bits per heavy atom. The second-order valence-electron chi connectivity index (χ2n) is 7.76. The molecule has 2 N–H and O–H groups in total. The van der Waals surface area contributed by atoms with Gasteiger partial charge in [0.15, 0.2) is 0 Å². The number of hydrogen-bond donors (Lipinski definition) is 2. The molecule has 0 aliphatic carbocycles. The van der Waals surface area contributed by atoms with E-state index in [1.807, 2.05) is 24.3 Å². The third-order valence-electron chi connectivity index (χ3n) is 4.55. The maximum Gasteiger partial charge on any atom is 0.251 e.